The highest BCUT2D eigenvalue weighted by Crippen LogP contribution is 2.21. The lowest BCUT2D eigenvalue weighted by atomic mass is 10.1. The Morgan fingerprint density at radius 3 is 2.78 bits per heavy atom. The van der Waals surface area contributed by atoms with Crippen LogP contribution in [0.1, 0.15) is 32.3 Å². The van der Waals surface area contributed by atoms with E-state index in [2.05, 4.69) is 38.2 Å². The Balaban J connectivity index is 2.25. The summed E-state index contributed by atoms with van der Waals surface area (Å²) in [7, 11) is 0. The molecule has 0 spiro atoms. The number of nitrogens with zero attached hydrogens (tertiary/aromatic N) is 1. The molecular formula is C15H22N2O. The molecule has 18 heavy (non-hydrogen) atoms. The van der Waals surface area contributed by atoms with Gasteiger partial charge in [-0.15, -0.1) is 0 Å². The van der Waals surface area contributed by atoms with Crippen LogP contribution in [0.5, 0.6) is 0 Å². The molecule has 1 amide bonds. The summed E-state index contributed by atoms with van der Waals surface area (Å²) in [6.07, 6.45) is 2.05. The molecule has 1 aromatic rings. The number of benzene rings is 1. The summed E-state index contributed by atoms with van der Waals surface area (Å²) in [4.78, 5) is 14.5. The Kier molecular flexibility index (Phi) is 4.02. The van der Waals surface area contributed by atoms with E-state index in [1.165, 1.54) is 5.56 Å². The third kappa shape index (κ3) is 2.72. The second-order valence-electron chi connectivity index (χ2n) is 5.29. The number of aryl methyl sites for hydroxylation is 1. The number of hydrogen-bond donors (Lipinski definition) is 1. The first kappa shape index (κ1) is 13.1. The Bertz CT molecular complexity index is 422. The van der Waals surface area contributed by atoms with Gasteiger partial charge in [0.1, 0.15) is 0 Å². The van der Waals surface area contributed by atoms with Crippen LogP contribution in [-0.4, -0.2) is 24.5 Å². The number of amides is 1. The molecule has 2 rings (SSSR count). The van der Waals surface area contributed by atoms with Gasteiger partial charge in [-0.3, -0.25) is 4.79 Å². The second-order valence-corrected chi connectivity index (χ2v) is 5.29. The lowest BCUT2D eigenvalue weighted by Crippen LogP contribution is -2.47. The lowest BCUT2D eigenvalue weighted by Gasteiger charge is -2.29. The van der Waals surface area contributed by atoms with E-state index in [-0.39, 0.29) is 18.0 Å². The molecule has 1 heterocycles. The first-order valence-corrected chi connectivity index (χ1v) is 6.72. The van der Waals surface area contributed by atoms with Crippen LogP contribution >= 0.6 is 0 Å². The van der Waals surface area contributed by atoms with Crippen LogP contribution in [-0.2, 0) is 4.79 Å². The molecule has 98 valence electrons. The third-order valence-corrected chi connectivity index (χ3v) is 3.39. The molecule has 0 bridgehead atoms. The van der Waals surface area contributed by atoms with Crippen molar-refractivity contribution in [3.63, 3.8) is 0 Å². The van der Waals surface area contributed by atoms with Crippen molar-refractivity contribution in [1.82, 2.24) is 5.32 Å². The van der Waals surface area contributed by atoms with Gasteiger partial charge >= 0.3 is 0 Å². The molecule has 1 aromatic carbocycles. The quantitative estimate of drug-likeness (QED) is 0.888. The zero-order valence-electron chi connectivity index (χ0n) is 11.4. The van der Waals surface area contributed by atoms with Crippen molar-refractivity contribution in [3.05, 3.63) is 29.8 Å². The predicted octanol–water partition coefficient (Wildman–Crippen LogP) is 2.49. The second kappa shape index (κ2) is 5.53. The van der Waals surface area contributed by atoms with Crippen molar-refractivity contribution in [2.45, 2.75) is 45.7 Å². The fourth-order valence-electron chi connectivity index (χ4n) is 2.52. The molecule has 1 aliphatic rings. The summed E-state index contributed by atoms with van der Waals surface area (Å²) in [6, 6.07) is 8.33. The van der Waals surface area contributed by atoms with E-state index in [1.807, 2.05) is 17.0 Å². The maximum Gasteiger partial charge on any atom is 0.244 e. The number of hydrogen-bond acceptors (Lipinski definition) is 2. The summed E-state index contributed by atoms with van der Waals surface area (Å²) in [5.41, 5.74) is 2.19. The van der Waals surface area contributed by atoms with E-state index in [9.17, 15) is 4.79 Å². The molecule has 1 N–H and O–H groups in total. The minimum Gasteiger partial charge on any atom is -0.309 e. The summed E-state index contributed by atoms with van der Waals surface area (Å²) in [6.45, 7) is 7.14. The van der Waals surface area contributed by atoms with Crippen LogP contribution in [0.25, 0.3) is 0 Å². The maximum atomic E-state index is 12.6. The highest BCUT2D eigenvalue weighted by Gasteiger charge is 2.29. The first-order chi connectivity index (χ1) is 8.59. The average Bonchev–Trinajstić information content (AvgIpc) is 2.82. The van der Waals surface area contributed by atoms with E-state index < -0.39 is 0 Å². The maximum absolute atomic E-state index is 12.6. The van der Waals surface area contributed by atoms with Gasteiger partial charge in [-0.1, -0.05) is 12.1 Å². The topological polar surface area (TPSA) is 32.3 Å². The Hall–Kier alpha value is -1.35. The van der Waals surface area contributed by atoms with E-state index in [0.29, 0.717) is 0 Å². The molecule has 0 saturated carbocycles. The van der Waals surface area contributed by atoms with Gasteiger partial charge < -0.3 is 10.2 Å². The summed E-state index contributed by atoms with van der Waals surface area (Å²) in [5, 5.41) is 3.28. The molecular weight excluding hydrogens is 224 g/mol. The summed E-state index contributed by atoms with van der Waals surface area (Å²) < 4.78 is 0. The third-order valence-electron chi connectivity index (χ3n) is 3.39. The van der Waals surface area contributed by atoms with Gasteiger partial charge in [0.25, 0.3) is 0 Å². The molecule has 3 nitrogen and oxygen atoms in total. The zero-order valence-corrected chi connectivity index (χ0v) is 11.4. The Morgan fingerprint density at radius 2 is 2.22 bits per heavy atom. The van der Waals surface area contributed by atoms with Gasteiger partial charge in [-0.2, -0.15) is 0 Å². The minimum atomic E-state index is -0.00656. The molecule has 0 unspecified atom stereocenters. The number of rotatable bonds is 3. The number of anilines is 1. The predicted molar refractivity (Wildman–Crippen MR) is 74.8 cm³/mol. The van der Waals surface area contributed by atoms with Gasteiger partial charge in [0, 0.05) is 11.7 Å². The van der Waals surface area contributed by atoms with Gasteiger partial charge in [-0.25, -0.2) is 0 Å². The van der Waals surface area contributed by atoms with Crippen LogP contribution < -0.4 is 10.2 Å². The Labute approximate surface area is 109 Å². The zero-order chi connectivity index (χ0) is 13.1. The van der Waals surface area contributed by atoms with Gasteiger partial charge in [-0.05, 0) is 57.9 Å². The highest BCUT2D eigenvalue weighted by molar-refractivity contribution is 5.97. The van der Waals surface area contributed by atoms with Crippen LogP contribution in [0.4, 0.5) is 5.69 Å². The minimum absolute atomic E-state index is 0.00656. The van der Waals surface area contributed by atoms with Crippen molar-refractivity contribution in [1.29, 1.82) is 0 Å². The van der Waals surface area contributed by atoms with Crippen molar-refractivity contribution in [2.75, 3.05) is 11.4 Å². The smallest absolute Gasteiger partial charge is 0.244 e. The first-order valence-electron chi connectivity index (χ1n) is 6.72. The largest absolute Gasteiger partial charge is 0.309 e. The van der Waals surface area contributed by atoms with E-state index in [1.54, 1.807) is 0 Å². The highest BCUT2D eigenvalue weighted by atomic mass is 16.2. The Morgan fingerprint density at radius 1 is 1.44 bits per heavy atom. The van der Waals surface area contributed by atoms with Crippen LogP contribution in [0, 0.1) is 6.92 Å². The fourth-order valence-corrected chi connectivity index (χ4v) is 2.52. The summed E-state index contributed by atoms with van der Waals surface area (Å²) >= 11 is 0. The molecule has 1 saturated heterocycles. The fraction of sp³-hybridized carbons (Fsp3) is 0.533. The molecule has 1 atom stereocenters. The normalized spacial score (nSPS) is 19.2. The van der Waals surface area contributed by atoms with Crippen molar-refractivity contribution < 1.29 is 4.79 Å². The van der Waals surface area contributed by atoms with E-state index in [0.717, 1.165) is 25.1 Å². The van der Waals surface area contributed by atoms with E-state index in [4.69, 9.17) is 0 Å². The molecule has 3 heteroatoms. The number of carbonyl (C=O) groups is 1. The lowest BCUT2D eigenvalue weighted by molar-refractivity contribution is -0.120. The van der Waals surface area contributed by atoms with Crippen molar-refractivity contribution in [2.24, 2.45) is 0 Å². The van der Waals surface area contributed by atoms with Gasteiger partial charge in [0.2, 0.25) is 5.91 Å². The standard InChI is InChI=1S/C15H22N2O/c1-11(2)17(13-7-4-6-12(3)10-13)15(18)14-8-5-9-16-14/h4,6-7,10-11,14,16H,5,8-9H2,1-3H3/t14-/m0/s1. The van der Waals surface area contributed by atoms with E-state index >= 15 is 0 Å². The van der Waals surface area contributed by atoms with Crippen molar-refractivity contribution in [3.8, 4) is 0 Å². The molecule has 0 aliphatic carbocycles. The van der Waals surface area contributed by atoms with Gasteiger partial charge in [0.15, 0.2) is 0 Å². The molecule has 0 aromatic heterocycles. The molecule has 1 fully saturated rings. The van der Waals surface area contributed by atoms with Crippen LogP contribution in [0.15, 0.2) is 24.3 Å². The SMILES string of the molecule is Cc1cccc(N(C(=O)[C@@H]2CCCN2)C(C)C)c1. The van der Waals surface area contributed by atoms with Crippen LogP contribution in [0.3, 0.4) is 0 Å². The van der Waals surface area contributed by atoms with Crippen LogP contribution in [0.2, 0.25) is 0 Å². The average molecular weight is 246 g/mol. The number of carbonyl (C=O) groups excluding carboxylic acids is 1. The molecule has 1 aliphatic heterocycles. The summed E-state index contributed by atoms with van der Waals surface area (Å²) in [5.74, 6) is 0.202. The monoisotopic (exact) mass is 246 g/mol. The molecule has 0 radical (unpaired) electrons. The number of nitrogens with one attached hydrogen (secondary N) is 1. The van der Waals surface area contributed by atoms with Crippen molar-refractivity contribution >= 4 is 11.6 Å². The van der Waals surface area contributed by atoms with Gasteiger partial charge in [0.05, 0.1) is 6.04 Å².